The van der Waals surface area contributed by atoms with Crippen molar-refractivity contribution in [1.82, 2.24) is 0 Å². The van der Waals surface area contributed by atoms with Gasteiger partial charge in [-0.25, -0.2) is 0 Å². The molecule has 0 saturated heterocycles. The topological polar surface area (TPSA) is 61.8 Å². The molecule has 0 N–H and O–H groups in total. The third-order valence-corrected chi connectivity index (χ3v) is 10.1. The monoisotopic (exact) mass is 759 g/mol. The number of hydrogen-bond donors (Lipinski definition) is 0. The van der Waals surface area contributed by atoms with Crippen LogP contribution in [-0.2, 0) is 23.8 Å². The lowest BCUT2D eigenvalue weighted by Gasteiger charge is -2.18. The van der Waals surface area contributed by atoms with Gasteiger partial charge in [-0.05, 0) is 83.5 Å². The number of unbranched alkanes of at least 4 members (excludes halogenated alkanes) is 26. The molecule has 0 aliphatic carbocycles. The van der Waals surface area contributed by atoms with Crippen LogP contribution in [0.2, 0.25) is 0 Å². The molecule has 0 rings (SSSR count). The molecule has 0 aromatic carbocycles. The number of esters is 2. The summed E-state index contributed by atoms with van der Waals surface area (Å²) in [4.78, 5) is 25.2. The maximum absolute atomic E-state index is 12.7. The predicted octanol–water partition coefficient (Wildman–Crippen LogP) is 15.4. The van der Waals surface area contributed by atoms with Crippen LogP contribution < -0.4 is 0 Å². The molecule has 0 amide bonds. The largest absolute Gasteiger partial charge is 0.462 e. The molecule has 316 valence electrons. The highest BCUT2D eigenvalue weighted by Crippen LogP contribution is 2.13. The summed E-state index contributed by atoms with van der Waals surface area (Å²) >= 11 is 0. The first-order valence-electron chi connectivity index (χ1n) is 23.5. The lowest BCUT2D eigenvalue weighted by Crippen LogP contribution is -2.30. The van der Waals surface area contributed by atoms with E-state index in [4.69, 9.17) is 14.2 Å². The van der Waals surface area contributed by atoms with Gasteiger partial charge in [-0.2, -0.15) is 0 Å². The number of carbonyl (C=O) groups is 2. The number of ether oxygens (including phenoxy) is 3. The molecule has 0 heterocycles. The van der Waals surface area contributed by atoms with Crippen LogP contribution >= 0.6 is 0 Å². The second-order valence-electron chi connectivity index (χ2n) is 15.6. The minimum absolute atomic E-state index is 0.0775. The molecule has 0 aliphatic rings. The van der Waals surface area contributed by atoms with Crippen LogP contribution in [0, 0.1) is 0 Å². The summed E-state index contributed by atoms with van der Waals surface area (Å²) in [6.45, 7) is 7.74. The molecule has 1 unspecified atom stereocenters. The summed E-state index contributed by atoms with van der Waals surface area (Å²) in [5.74, 6) is -0.417. The maximum Gasteiger partial charge on any atom is 0.306 e. The van der Waals surface area contributed by atoms with Crippen molar-refractivity contribution in [2.45, 2.75) is 245 Å². The first kappa shape index (κ1) is 52.1. The fraction of sp³-hybridized carbons (Fsp3) is 0.837. The summed E-state index contributed by atoms with van der Waals surface area (Å²) in [7, 11) is 0. The van der Waals surface area contributed by atoms with Crippen molar-refractivity contribution in [2.24, 2.45) is 0 Å². The Morgan fingerprint density at radius 1 is 0.389 bits per heavy atom. The summed E-state index contributed by atoms with van der Waals surface area (Å²) in [5.41, 5.74) is 0. The molecule has 1 atom stereocenters. The van der Waals surface area contributed by atoms with E-state index in [1.165, 1.54) is 141 Å². The first-order chi connectivity index (χ1) is 26.6. The molecule has 0 saturated carbocycles. The average Bonchev–Trinajstić information content (AvgIpc) is 3.17. The molecule has 54 heavy (non-hydrogen) atoms. The summed E-state index contributed by atoms with van der Waals surface area (Å²) in [6, 6.07) is 0. The van der Waals surface area contributed by atoms with Crippen LogP contribution in [0.15, 0.2) is 36.5 Å². The van der Waals surface area contributed by atoms with Crippen LogP contribution in [0.5, 0.6) is 0 Å². The normalized spacial score (nSPS) is 12.4. The van der Waals surface area contributed by atoms with Gasteiger partial charge in [-0.3, -0.25) is 9.59 Å². The SMILES string of the molecule is CCCC/C=C\CCCCCCCC(=O)OCC(COCCCCCCCC/C=C\CCCCCCCC)OC(=O)CCCCCCC/C=C\CCCC. The van der Waals surface area contributed by atoms with E-state index in [9.17, 15) is 9.59 Å². The standard InChI is InChI=1S/C49H90O5/c1-4-7-10-13-16-19-22-23-24-25-26-29-32-35-38-41-44-52-45-47(54-49(51)43-40-37-34-31-28-21-18-15-12-9-6-3)46-53-48(50)42-39-36-33-30-27-20-17-14-11-8-5-2/h14-15,17-18,23-24,47H,4-13,16,19-22,25-46H2,1-3H3/b17-14-,18-15-,24-23-. The van der Waals surface area contributed by atoms with E-state index in [0.717, 1.165) is 64.2 Å². The van der Waals surface area contributed by atoms with Crippen molar-refractivity contribution in [3.8, 4) is 0 Å². The Morgan fingerprint density at radius 2 is 0.741 bits per heavy atom. The van der Waals surface area contributed by atoms with Crippen LogP contribution in [-0.4, -0.2) is 37.9 Å². The van der Waals surface area contributed by atoms with Crippen LogP contribution in [0.3, 0.4) is 0 Å². The van der Waals surface area contributed by atoms with E-state index in [1.54, 1.807) is 0 Å². The zero-order valence-electron chi connectivity index (χ0n) is 36.2. The van der Waals surface area contributed by atoms with Gasteiger partial charge in [0.2, 0.25) is 0 Å². The number of hydrogen-bond acceptors (Lipinski definition) is 5. The van der Waals surface area contributed by atoms with Gasteiger partial charge >= 0.3 is 11.9 Å². The zero-order chi connectivity index (χ0) is 39.3. The van der Waals surface area contributed by atoms with Crippen molar-refractivity contribution < 1.29 is 23.8 Å². The smallest absolute Gasteiger partial charge is 0.306 e. The van der Waals surface area contributed by atoms with Crippen molar-refractivity contribution in [3.05, 3.63) is 36.5 Å². The van der Waals surface area contributed by atoms with E-state index >= 15 is 0 Å². The molecule has 0 spiro atoms. The summed E-state index contributed by atoms with van der Waals surface area (Å²) < 4.78 is 17.3. The molecule has 0 aliphatic heterocycles. The van der Waals surface area contributed by atoms with E-state index in [0.29, 0.717) is 19.4 Å². The molecular weight excluding hydrogens is 669 g/mol. The highest BCUT2D eigenvalue weighted by molar-refractivity contribution is 5.70. The Bertz CT molecular complexity index is 862. The van der Waals surface area contributed by atoms with Gasteiger partial charge < -0.3 is 14.2 Å². The Morgan fingerprint density at radius 3 is 1.19 bits per heavy atom. The fourth-order valence-corrected chi connectivity index (χ4v) is 6.52. The highest BCUT2D eigenvalue weighted by Gasteiger charge is 2.17. The van der Waals surface area contributed by atoms with Crippen LogP contribution in [0.25, 0.3) is 0 Å². The van der Waals surface area contributed by atoms with E-state index in [2.05, 4.69) is 57.2 Å². The van der Waals surface area contributed by atoms with E-state index in [-0.39, 0.29) is 25.2 Å². The Labute approximate surface area is 336 Å². The van der Waals surface area contributed by atoms with Crippen molar-refractivity contribution in [1.29, 1.82) is 0 Å². The predicted molar refractivity (Wildman–Crippen MR) is 233 cm³/mol. The molecule has 0 bridgehead atoms. The van der Waals surface area contributed by atoms with Crippen molar-refractivity contribution in [2.75, 3.05) is 19.8 Å². The first-order valence-corrected chi connectivity index (χ1v) is 23.5. The number of carbonyl (C=O) groups excluding carboxylic acids is 2. The third kappa shape index (κ3) is 42.9. The fourth-order valence-electron chi connectivity index (χ4n) is 6.52. The van der Waals surface area contributed by atoms with Gasteiger partial charge in [-0.1, -0.05) is 179 Å². The molecule has 5 heteroatoms. The van der Waals surface area contributed by atoms with Crippen LogP contribution in [0.4, 0.5) is 0 Å². The molecule has 5 nitrogen and oxygen atoms in total. The van der Waals surface area contributed by atoms with Crippen molar-refractivity contribution in [3.63, 3.8) is 0 Å². The second kappa shape index (κ2) is 45.5. The molecule has 0 aromatic heterocycles. The van der Waals surface area contributed by atoms with Crippen molar-refractivity contribution >= 4 is 11.9 Å². The summed E-state index contributed by atoms with van der Waals surface area (Å²) in [6.07, 6.45) is 52.8. The Hall–Kier alpha value is -1.88. The van der Waals surface area contributed by atoms with Gasteiger partial charge in [0.1, 0.15) is 6.61 Å². The minimum atomic E-state index is -0.541. The van der Waals surface area contributed by atoms with Gasteiger partial charge in [0.05, 0.1) is 6.61 Å². The number of rotatable bonds is 43. The summed E-state index contributed by atoms with van der Waals surface area (Å²) in [5, 5.41) is 0. The maximum atomic E-state index is 12.7. The molecule has 0 aromatic rings. The Balaban J connectivity index is 4.24. The minimum Gasteiger partial charge on any atom is -0.462 e. The highest BCUT2D eigenvalue weighted by atomic mass is 16.6. The second-order valence-corrected chi connectivity index (χ2v) is 15.6. The van der Waals surface area contributed by atoms with Gasteiger partial charge in [0.25, 0.3) is 0 Å². The van der Waals surface area contributed by atoms with Gasteiger partial charge in [0, 0.05) is 19.4 Å². The van der Waals surface area contributed by atoms with Gasteiger partial charge in [0.15, 0.2) is 6.10 Å². The molecular formula is C49H90O5. The van der Waals surface area contributed by atoms with Crippen LogP contribution in [0.1, 0.15) is 239 Å². The van der Waals surface area contributed by atoms with E-state index < -0.39 is 6.10 Å². The Kier molecular flexibility index (Phi) is 43.9. The quantitative estimate of drug-likeness (QED) is 0.0352. The molecule has 0 fully saturated rings. The third-order valence-electron chi connectivity index (χ3n) is 10.1. The molecule has 0 radical (unpaired) electrons. The lowest BCUT2D eigenvalue weighted by molar-refractivity contribution is -0.163. The zero-order valence-corrected chi connectivity index (χ0v) is 36.2. The number of allylic oxidation sites excluding steroid dienone is 6. The lowest BCUT2D eigenvalue weighted by atomic mass is 10.1. The van der Waals surface area contributed by atoms with Gasteiger partial charge in [-0.15, -0.1) is 0 Å². The average molecular weight is 759 g/mol. The van der Waals surface area contributed by atoms with E-state index in [1.807, 2.05) is 0 Å².